The van der Waals surface area contributed by atoms with Crippen molar-refractivity contribution in [1.29, 1.82) is 0 Å². The van der Waals surface area contributed by atoms with Crippen molar-refractivity contribution in [2.45, 2.75) is 35.1 Å². The van der Waals surface area contributed by atoms with Gasteiger partial charge in [0.05, 0.1) is 5.56 Å². The Morgan fingerprint density at radius 2 is 1.97 bits per heavy atom. The van der Waals surface area contributed by atoms with Gasteiger partial charge in [0.25, 0.3) is 0 Å². The van der Waals surface area contributed by atoms with Crippen LogP contribution >= 0.6 is 11.8 Å². The molecule has 1 atom stereocenters. The maximum absolute atomic E-state index is 13.1. The SMILES string of the molecule is O=C(O)c1ccncc1CC[C@@H]1NCCc2cc(Sc3ccc(F)cc3)ccc21. The second-order valence-electron chi connectivity index (χ2n) is 7.05. The molecule has 2 heterocycles. The van der Waals surface area contributed by atoms with Gasteiger partial charge in [-0.25, -0.2) is 9.18 Å². The summed E-state index contributed by atoms with van der Waals surface area (Å²) in [5.41, 5.74) is 3.66. The molecule has 1 aliphatic rings. The first kappa shape index (κ1) is 19.6. The van der Waals surface area contributed by atoms with Gasteiger partial charge < -0.3 is 10.4 Å². The Morgan fingerprint density at radius 3 is 2.76 bits per heavy atom. The number of rotatable bonds is 6. The number of aromatic carboxylic acids is 1. The smallest absolute Gasteiger partial charge is 0.336 e. The molecule has 6 heteroatoms. The zero-order chi connectivity index (χ0) is 20.2. The van der Waals surface area contributed by atoms with Crippen LogP contribution in [0.5, 0.6) is 0 Å². The lowest BCUT2D eigenvalue weighted by Crippen LogP contribution is -2.30. The zero-order valence-electron chi connectivity index (χ0n) is 15.8. The monoisotopic (exact) mass is 408 g/mol. The zero-order valence-corrected chi connectivity index (χ0v) is 16.6. The minimum atomic E-state index is -0.915. The molecule has 0 saturated heterocycles. The van der Waals surface area contributed by atoms with Crippen molar-refractivity contribution >= 4 is 17.7 Å². The van der Waals surface area contributed by atoms with Gasteiger partial charge in [-0.2, -0.15) is 0 Å². The molecule has 0 amide bonds. The van der Waals surface area contributed by atoms with Crippen LogP contribution in [0, 0.1) is 5.82 Å². The van der Waals surface area contributed by atoms with Crippen molar-refractivity contribution in [2.75, 3.05) is 6.54 Å². The van der Waals surface area contributed by atoms with Gasteiger partial charge in [0.2, 0.25) is 0 Å². The molecular formula is C23H21FN2O2S. The van der Waals surface area contributed by atoms with E-state index in [1.54, 1.807) is 36.2 Å². The van der Waals surface area contributed by atoms with Crippen LogP contribution in [-0.4, -0.2) is 22.6 Å². The number of halogens is 1. The molecule has 1 aliphatic heterocycles. The van der Waals surface area contributed by atoms with Gasteiger partial charge in [-0.3, -0.25) is 4.98 Å². The lowest BCUT2D eigenvalue weighted by atomic mass is 9.90. The number of aromatic nitrogens is 1. The van der Waals surface area contributed by atoms with E-state index < -0.39 is 5.97 Å². The molecule has 0 spiro atoms. The summed E-state index contributed by atoms with van der Waals surface area (Å²) >= 11 is 1.63. The number of hydrogen-bond acceptors (Lipinski definition) is 4. The Hall–Kier alpha value is -2.70. The van der Waals surface area contributed by atoms with E-state index in [4.69, 9.17) is 0 Å². The number of nitrogens with one attached hydrogen (secondary N) is 1. The van der Waals surface area contributed by atoms with Crippen molar-refractivity contribution in [3.8, 4) is 0 Å². The van der Waals surface area contributed by atoms with E-state index in [9.17, 15) is 14.3 Å². The number of carboxylic acid groups (broad SMARTS) is 1. The summed E-state index contributed by atoms with van der Waals surface area (Å²) in [5, 5.41) is 12.9. The van der Waals surface area contributed by atoms with E-state index in [2.05, 4.69) is 28.5 Å². The molecular weight excluding hydrogens is 387 g/mol. The number of aryl methyl sites for hydroxylation is 1. The van der Waals surface area contributed by atoms with Gasteiger partial charge in [-0.15, -0.1) is 0 Å². The molecule has 29 heavy (non-hydrogen) atoms. The lowest BCUT2D eigenvalue weighted by molar-refractivity contribution is 0.0695. The summed E-state index contributed by atoms with van der Waals surface area (Å²) in [4.78, 5) is 17.6. The number of carboxylic acids is 1. The summed E-state index contributed by atoms with van der Waals surface area (Å²) in [6.07, 6.45) is 5.58. The average molecular weight is 408 g/mol. The van der Waals surface area contributed by atoms with Gasteiger partial charge in [-0.1, -0.05) is 17.8 Å². The van der Waals surface area contributed by atoms with Crippen LogP contribution in [0.3, 0.4) is 0 Å². The van der Waals surface area contributed by atoms with Gasteiger partial charge in [0.15, 0.2) is 0 Å². The van der Waals surface area contributed by atoms with Crippen LogP contribution in [0.25, 0.3) is 0 Å². The van der Waals surface area contributed by atoms with Gasteiger partial charge in [-0.05, 0) is 85.0 Å². The third-order valence-electron chi connectivity index (χ3n) is 5.16. The highest BCUT2D eigenvalue weighted by Gasteiger charge is 2.21. The third kappa shape index (κ3) is 4.66. The van der Waals surface area contributed by atoms with Crippen LogP contribution in [0.15, 0.2) is 70.7 Å². The number of hydrogen-bond donors (Lipinski definition) is 2. The second-order valence-corrected chi connectivity index (χ2v) is 8.20. The first-order chi connectivity index (χ1) is 14.1. The van der Waals surface area contributed by atoms with Crippen molar-refractivity contribution in [1.82, 2.24) is 10.3 Å². The third-order valence-corrected chi connectivity index (χ3v) is 6.16. The summed E-state index contributed by atoms with van der Waals surface area (Å²) in [7, 11) is 0. The topological polar surface area (TPSA) is 62.2 Å². The summed E-state index contributed by atoms with van der Waals surface area (Å²) in [6.45, 7) is 0.890. The Labute approximate surface area is 173 Å². The van der Waals surface area contributed by atoms with Crippen molar-refractivity contribution in [3.63, 3.8) is 0 Å². The normalized spacial score (nSPS) is 15.7. The van der Waals surface area contributed by atoms with Gasteiger partial charge >= 0.3 is 5.97 Å². The Morgan fingerprint density at radius 1 is 1.17 bits per heavy atom. The molecule has 1 aromatic heterocycles. The fourth-order valence-electron chi connectivity index (χ4n) is 3.72. The van der Waals surface area contributed by atoms with E-state index in [0.717, 1.165) is 34.7 Å². The van der Waals surface area contributed by atoms with Crippen molar-refractivity contribution < 1.29 is 14.3 Å². The van der Waals surface area contributed by atoms with Crippen LogP contribution in [0.2, 0.25) is 0 Å². The van der Waals surface area contributed by atoms with Crippen LogP contribution in [0.4, 0.5) is 4.39 Å². The van der Waals surface area contributed by atoms with E-state index in [0.29, 0.717) is 12.0 Å². The van der Waals surface area contributed by atoms with Gasteiger partial charge in [0, 0.05) is 28.2 Å². The minimum absolute atomic E-state index is 0.186. The molecule has 4 rings (SSSR count). The maximum Gasteiger partial charge on any atom is 0.336 e. The predicted octanol–water partition coefficient (Wildman–Crippen LogP) is 4.89. The molecule has 0 aliphatic carbocycles. The van der Waals surface area contributed by atoms with Crippen molar-refractivity contribution in [2.24, 2.45) is 0 Å². The van der Waals surface area contributed by atoms with E-state index in [1.807, 2.05) is 0 Å². The van der Waals surface area contributed by atoms with E-state index in [1.165, 1.54) is 29.5 Å². The molecule has 0 fully saturated rings. The van der Waals surface area contributed by atoms with Crippen LogP contribution in [0.1, 0.15) is 39.5 Å². The van der Waals surface area contributed by atoms with E-state index in [-0.39, 0.29) is 11.9 Å². The number of pyridine rings is 1. The molecule has 148 valence electrons. The average Bonchev–Trinajstić information content (AvgIpc) is 2.74. The molecule has 2 N–H and O–H groups in total. The van der Waals surface area contributed by atoms with Gasteiger partial charge in [0.1, 0.15) is 5.82 Å². The first-order valence-electron chi connectivity index (χ1n) is 9.56. The molecule has 2 aromatic carbocycles. The molecule has 0 radical (unpaired) electrons. The molecule has 0 saturated carbocycles. The highest BCUT2D eigenvalue weighted by Crippen LogP contribution is 2.33. The maximum atomic E-state index is 13.1. The number of benzene rings is 2. The first-order valence-corrected chi connectivity index (χ1v) is 10.4. The summed E-state index contributed by atoms with van der Waals surface area (Å²) in [5.74, 6) is -1.14. The van der Waals surface area contributed by atoms with Crippen LogP contribution < -0.4 is 5.32 Å². The largest absolute Gasteiger partial charge is 0.478 e. The molecule has 0 unspecified atom stereocenters. The number of nitrogens with zero attached hydrogens (tertiary/aromatic N) is 1. The highest BCUT2D eigenvalue weighted by atomic mass is 32.2. The fourth-order valence-corrected chi connectivity index (χ4v) is 4.61. The summed E-state index contributed by atoms with van der Waals surface area (Å²) < 4.78 is 13.1. The van der Waals surface area contributed by atoms with E-state index >= 15 is 0 Å². The Balaban J connectivity index is 1.48. The number of fused-ring (bicyclic) bond motifs is 1. The highest BCUT2D eigenvalue weighted by molar-refractivity contribution is 7.99. The minimum Gasteiger partial charge on any atom is -0.478 e. The molecule has 3 aromatic rings. The quantitative estimate of drug-likeness (QED) is 0.608. The summed E-state index contributed by atoms with van der Waals surface area (Å²) in [6, 6.07) is 14.7. The fraction of sp³-hybridized carbons (Fsp3) is 0.217. The van der Waals surface area contributed by atoms with Crippen molar-refractivity contribution in [3.05, 3.63) is 89.0 Å². The Bertz CT molecular complexity index is 1020. The molecule has 4 nitrogen and oxygen atoms in total. The standard InChI is InChI=1S/C23H21FN2O2S/c24-17-2-4-18(5-3-17)29-19-6-7-20-15(13-19)9-12-26-22(20)8-1-16-14-25-11-10-21(16)23(27)28/h2-7,10-11,13-14,22,26H,1,8-9,12H2,(H,27,28)/t22-/m0/s1. The lowest BCUT2D eigenvalue weighted by Gasteiger charge is -2.27. The predicted molar refractivity (Wildman–Crippen MR) is 111 cm³/mol. The Kier molecular flexibility index (Phi) is 5.92. The number of carbonyl (C=O) groups is 1. The molecule has 0 bridgehead atoms. The van der Waals surface area contributed by atoms with Crippen LogP contribution in [-0.2, 0) is 12.8 Å². The second kappa shape index (κ2) is 8.76.